The van der Waals surface area contributed by atoms with Crippen LogP contribution in [-0.4, -0.2) is 73.6 Å². The lowest BCUT2D eigenvalue weighted by Gasteiger charge is -2.34. The molecule has 1 amide bonds. The van der Waals surface area contributed by atoms with Crippen LogP contribution in [0.15, 0.2) is 28.8 Å². The van der Waals surface area contributed by atoms with Crippen molar-refractivity contribution in [2.24, 2.45) is 5.92 Å². The highest BCUT2D eigenvalue weighted by Gasteiger charge is 2.28. The van der Waals surface area contributed by atoms with Crippen LogP contribution in [0.1, 0.15) is 39.4 Å². The summed E-state index contributed by atoms with van der Waals surface area (Å²) in [6, 6.07) is 7.18. The first-order chi connectivity index (χ1) is 15.4. The Morgan fingerprint density at radius 2 is 1.94 bits per heavy atom. The van der Waals surface area contributed by atoms with Gasteiger partial charge in [0.2, 0.25) is 10.0 Å². The zero-order valence-electron chi connectivity index (χ0n) is 19.6. The summed E-state index contributed by atoms with van der Waals surface area (Å²) < 4.78 is 30.4. The molecule has 11 heteroatoms. The van der Waals surface area contributed by atoms with Gasteiger partial charge in [0.05, 0.1) is 17.5 Å². The number of nitrogens with zero attached hydrogens (tertiary/aromatic N) is 4. The van der Waals surface area contributed by atoms with E-state index in [9.17, 15) is 18.3 Å². The van der Waals surface area contributed by atoms with E-state index < -0.39 is 16.1 Å². The Labute approximate surface area is 195 Å². The van der Waals surface area contributed by atoms with E-state index in [-0.39, 0.29) is 11.3 Å². The highest BCUT2D eigenvalue weighted by atomic mass is 32.2. The summed E-state index contributed by atoms with van der Waals surface area (Å²) in [6.07, 6.45) is 1.78. The molecule has 0 radical (unpaired) electrons. The summed E-state index contributed by atoms with van der Waals surface area (Å²) in [5, 5.41) is 14.1. The standard InChI is InChI=1S/C22H33N5O5S/c1-22(2,3)20-24-19(32-25-20)17-7-5-6-8-18(17)27(21(28)29)15-16-9-12-26(13-10-16)14-11-23-33(4,30)31/h5-8,16,23H,9-15H2,1-4H3,(H,28,29). The van der Waals surface area contributed by atoms with Gasteiger partial charge < -0.3 is 14.5 Å². The summed E-state index contributed by atoms with van der Waals surface area (Å²) >= 11 is 0. The van der Waals surface area contributed by atoms with E-state index in [1.54, 1.807) is 18.2 Å². The molecule has 0 aliphatic carbocycles. The molecule has 182 valence electrons. The van der Waals surface area contributed by atoms with E-state index in [1.165, 1.54) is 4.90 Å². The van der Waals surface area contributed by atoms with E-state index in [0.717, 1.165) is 32.2 Å². The summed E-state index contributed by atoms with van der Waals surface area (Å²) in [4.78, 5) is 20.3. The Bertz CT molecular complexity index is 1060. The van der Waals surface area contributed by atoms with Crippen LogP contribution in [-0.2, 0) is 15.4 Å². The predicted molar refractivity (Wildman–Crippen MR) is 126 cm³/mol. The average molecular weight is 480 g/mol. The van der Waals surface area contributed by atoms with Crippen molar-refractivity contribution in [2.75, 3.05) is 43.9 Å². The van der Waals surface area contributed by atoms with E-state index >= 15 is 0 Å². The zero-order chi connectivity index (χ0) is 24.2. The third-order valence-electron chi connectivity index (χ3n) is 5.69. The van der Waals surface area contributed by atoms with Crippen LogP contribution >= 0.6 is 0 Å². The number of likely N-dealkylation sites (tertiary alicyclic amines) is 1. The van der Waals surface area contributed by atoms with Gasteiger partial charge in [0.15, 0.2) is 5.82 Å². The van der Waals surface area contributed by atoms with Crippen molar-refractivity contribution in [3.8, 4) is 11.5 Å². The lowest BCUT2D eigenvalue weighted by molar-refractivity contribution is 0.180. The molecule has 1 aliphatic rings. The van der Waals surface area contributed by atoms with E-state index in [0.29, 0.717) is 42.6 Å². The second kappa shape index (κ2) is 10.2. The van der Waals surface area contributed by atoms with Gasteiger partial charge in [0.25, 0.3) is 5.89 Å². The summed E-state index contributed by atoms with van der Waals surface area (Å²) in [5.41, 5.74) is 0.828. The SMILES string of the molecule is CC(C)(C)c1noc(-c2ccccc2N(CC2CCN(CCNS(C)(=O)=O)CC2)C(=O)O)n1. The molecule has 0 unspecified atom stereocenters. The predicted octanol–water partition coefficient (Wildman–Crippen LogP) is 2.78. The Morgan fingerprint density at radius 3 is 2.52 bits per heavy atom. The molecule has 10 nitrogen and oxygen atoms in total. The second-order valence-corrected chi connectivity index (χ2v) is 11.4. The summed E-state index contributed by atoms with van der Waals surface area (Å²) in [7, 11) is -3.19. The minimum absolute atomic E-state index is 0.195. The van der Waals surface area contributed by atoms with Gasteiger partial charge in [-0.25, -0.2) is 17.9 Å². The summed E-state index contributed by atoms with van der Waals surface area (Å²) in [6.45, 7) is 8.93. The number of hydrogen-bond acceptors (Lipinski definition) is 7. The molecule has 1 saturated heterocycles. The smallest absolute Gasteiger partial charge is 0.411 e. The maximum Gasteiger partial charge on any atom is 0.411 e. The first-order valence-electron chi connectivity index (χ1n) is 11.0. The number of benzene rings is 1. The number of aromatic nitrogens is 2. The first kappa shape index (κ1) is 25.1. The number of carbonyl (C=O) groups is 1. The fourth-order valence-electron chi connectivity index (χ4n) is 3.85. The number of rotatable bonds is 8. The molecule has 0 spiro atoms. The quantitative estimate of drug-likeness (QED) is 0.591. The van der Waals surface area contributed by atoms with Gasteiger partial charge >= 0.3 is 6.09 Å². The molecule has 2 heterocycles. The molecule has 3 rings (SSSR count). The van der Waals surface area contributed by atoms with Gasteiger partial charge in [-0.15, -0.1) is 0 Å². The van der Waals surface area contributed by atoms with Gasteiger partial charge in [-0.2, -0.15) is 4.98 Å². The van der Waals surface area contributed by atoms with Crippen molar-refractivity contribution >= 4 is 21.8 Å². The van der Waals surface area contributed by atoms with Crippen LogP contribution < -0.4 is 9.62 Å². The van der Waals surface area contributed by atoms with Crippen molar-refractivity contribution in [2.45, 2.75) is 39.0 Å². The topological polar surface area (TPSA) is 129 Å². The van der Waals surface area contributed by atoms with E-state index in [2.05, 4.69) is 19.8 Å². The monoisotopic (exact) mass is 479 g/mol. The molecule has 1 aromatic carbocycles. The van der Waals surface area contributed by atoms with Crippen LogP contribution in [0.3, 0.4) is 0 Å². The highest BCUT2D eigenvalue weighted by Crippen LogP contribution is 2.33. The molecule has 1 aliphatic heterocycles. The van der Waals surface area contributed by atoms with Crippen molar-refractivity contribution < 1.29 is 22.8 Å². The Balaban J connectivity index is 1.69. The molecule has 2 aromatic rings. The fourth-order valence-corrected chi connectivity index (χ4v) is 4.31. The number of sulfonamides is 1. The van der Waals surface area contributed by atoms with Gasteiger partial charge in [-0.3, -0.25) is 4.90 Å². The Kier molecular flexibility index (Phi) is 7.76. The largest absolute Gasteiger partial charge is 0.465 e. The van der Waals surface area contributed by atoms with Crippen molar-refractivity contribution in [3.63, 3.8) is 0 Å². The molecule has 0 atom stereocenters. The molecular formula is C22H33N5O5S. The average Bonchev–Trinajstić information content (AvgIpc) is 3.23. The van der Waals surface area contributed by atoms with Gasteiger partial charge in [-0.05, 0) is 44.0 Å². The van der Waals surface area contributed by atoms with Crippen LogP contribution in [0.4, 0.5) is 10.5 Å². The third kappa shape index (κ3) is 6.99. The maximum atomic E-state index is 12.2. The number of para-hydroxylation sites is 1. The van der Waals surface area contributed by atoms with Gasteiger partial charge in [-0.1, -0.05) is 38.1 Å². The summed E-state index contributed by atoms with van der Waals surface area (Å²) in [5.74, 6) is 1.06. The number of hydrogen-bond donors (Lipinski definition) is 2. The first-order valence-corrected chi connectivity index (χ1v) is 12.9. The Hall–Kier alpha value is -2.50. The number of amides is 1. The van der Waals surface area contributed by atoms with Crippen LogP contribution in [0.25, 0.3) is 11.5 Å². The number of anilines is 1. The van der Waals surface area contributed by atoms with Crippen LogP contribution in [0.5, 0.6) is 0 Å². The molecular weight excluding hydrogens is 446 g/mol. The molecule has 0 bridgehead atoms. The minimum atomic E-state index is -3.19. The minimum Gasteiger partial charge on any atom is -0.465 e. The molecule has 2 N–H and O–H groups in total. The van der Waals surface area contributed by atoms with Crippen molar-refractivity contribution in [1.82, 2.24) is 19.8 Å². The third-order valence-corrected chi connectivity index (χ3v) is 6.42. The second-order valence-electron chi connectivity index (χ2n) is 9.53. The lowest BCUT2D eigenvalue weighted by atomic mass is 9.95. The maximum absolute atomic E-state index is 12.2. The Morgan fingerprint density at radius 1 is 1.27 bits per heavy atom. The zero-order valence-corrected chi connectivity index (χ0v) is 20.4. The van der Waals surface area contributed by atoms with Crippen LogP contribution in [0, 0.1) is 5.92 Å². The van der Waals surface area contributed by atoms with Crippen molar-refractivity contribution in [3.05, 3.63) is 30.1 Å². The number of piperidine rings is 1. The molecule has 1 aromatic heterocycles. The van der Waals surface area contributed by atoms with Crippen molar-refractivity contribution in [1.29, 1.82) is 0 Å². The molecule has 33 heavy (non-hydrogen) atoms. The van der Waals surface area contributed by atoms with E-state index in [4.69, 9.17) is 4.52 Å². The normalized spacial score (nSPS) is 16.1. The fraction of sp³-hybridized carbons (Fsp3) is 0.591. The van der Waals surface area contributed by atoms with Gasteiger partial charge in [0, 0.05) is 25.0 Å². The molecule has 0 saturated carbocycles. The lowest BCUT2D eigenvalue weighted by Crippen LogP contribution is -2.43. The number of carboxylic acid groups (broad SMARTS) is 1. The highest BCUT2D eigenvalue weighted by molar-refractivity contribution is 7.88. The van der Waals surface area contributed by atoms with Gasteiger partial charge in [0.1, 0.15) is 0 Å². The van der Waals surface area contributed by atoms with Crippen LogP contribution in [0.2, 0.25) is 0 Å². The molecule has 1 fully saturated rings. The number of nitrogens with one attached hydrogen (secondary N) is 1. The van der Waals surface area contributed by atoms with E-state index in [1.807, 2.05) is 26.8 Å².